The predicted octanol–water partition coefficient (Wildman–Crippen LogP) is 5.60. The molecule has 0 radical (unpaired) electrons. The van der Waals surface area contributed by atoms with Gasteiger partial charge in [0.05, 0.1) is 17.6 Å². The van der Waals surface area contributed by atoms with Gasteiger partial charge in [-0.05, 0) is 48.9 Å². The number of ether oxygens (including phenoxy) is 1. The third-order valence-electron chi connectivity index (χ3n) is 5.96. The number of hydrogen-bond donors (Lipinski definition) is 0. The summed E-state index contributed by atoms with van der Waals surface area (Å²) in [6.45, 7) is 3.81. The van der Waals surface area contributed by atoms with Crippen molar-refractivity contribution in [2.75, 3.05) is 18.1 Å². The Labute approximate surface area is 192 Å². The molecule has 0 bridgehead atoms. The normalized spacial score (nSPS) is 16.1. The first-order valence-corrected chi connectivity index (χ1v) is 11.2. The highest BCUT2D eigenvalue weighted by atomic mass is 35.5. The number of fused-ring (bicyclic) bond motifs is 1. The van der Waals surface area contributed by atoms with E-state index in [1.165, 1.54) is 0 Å². The van der Waals surface area contributed by atoms with Crippen molar-refractivity contribution >= 4 is 34.2 Å². The summed E-state index contributed by atoms with van der Waals surface area (Å²) in [7, 11) is 0. The average molecular weight is 446 g/mol. The summed E-state index contributed by atoms with van der Waals surface area (Å²) in [5.74, 6) is 1.92. The van der Waals surface area contributed by atoms with E-state index in [0.717, 1.165) is 33.9 Å². The number of para-hydroxylation sites is 3. The lowest BCUT2D eigenvalue weighted by Gasteiger charge is -2.18. The second-order valence-electron chi connectivity index (χ2n) is 8.11. The molecule has 3 aromatic carbocycles. The van der Waals surface area contributed by atoms with Gasteiger partial charge in [-0.1, -0.05) is 48.0 Å². The van der Waals surface area contributed by atoms with Crippen LogP contribution in [0.5, 0.6) is 5.75 Å². The Balaban J connectivity index is 1.41. The number of hydrogen-bond acceptors (Lipinski definition) is 3. The number of benzene rings is 3. The zero-order valence-corrected chi connectivity index (χ0v) is 18.6. The number of aromatic nitrogens is 2. The Morgan fingerprint density at radius 2 is 1.88 bits per heavy atom. The predicted molar refractivity (Wildman–Crippen MR) is 128 cm³/mol. The van der Waals surface area contributed by atoms with Crippen LogP contribution in [0.2, 0.25) is 5.02 Å². The number of anilines is 1. The van der Waals surface area contributed by atoms with Crippen LogP contribution in [0.4, 0.5) is 5.69 Å². The zero-order chi connectivity index (χ0) is 22.1. The Morgan fingerprint density at radius 1 is 1.06 bits per heavy atom. The van der Waals surface area contributed by atoms with E-state index in [1.54, 1.807) is 0 Å². The summed E-state index contributed by atoms with van der Waals surface area (Å²) >= 11 is 6.15. The third-order valence-corrected chi connectivity index (χ3v) is 6.20. The molecule has 1 fully saturated rings. The maximum Gasteiger partial charge on any atom is 0.227 e. The average Bonchev–Trinajstić information content (AvgIpc) is 3.36. The molecule has 162 valence electrons. The van der Waals surface area contributed by atoms with Gasteiger partial charge in [-0.25, -0.2) is 4.98 Å². The molecular weight excluding hydrogens is 422 g/mol. The molecular formula is C26H24ClN3O2. The van der Waals surface area contributed by atoms with E-state index in [2.05, 4.69) is 10.6 Å². The number of aryl methyl sites for hydroxylation is 1. The van der Waals surface area contributed by atoms with Crippen molar-refractivity contribution in [1.29, 1.82) is 0 Å². The number of carbonyl (C=O) groups is 1. The van der Waals surface area contributed by atoms with Gasteiger partial charge in [-0.15, -0.1) is 0 Å². The molecule has 0 aliphatic carbocycles. The van der Waals surface area contributed by atoms with Crippen LogP contribution in [0.1, 0.15) is 23.7 Å². The Hall–Kier alpha value is -3.31. The molecule has 6 heteroatoms. The van der Waals surface area contributed by atoms with Crippen LogP contribution < -0.4 is 9.64 Å². The summed E-state index contributed by atoms with van der Waals surface area (Å²) in [4.78, 5) is 19.6. The lowest BCUT2D eigenvalue weighted by Crippen LogP contribution is -2.24. The molecule has 1 saturated heterocycles. The number of nitrogens with zero attached hydrogens (tertiary/aromatic N) is 3. The van der Waals surface area contributed by atoms with Gasteiger partial charge in [0.15, 0.2) is 0 Å². The first-order chi connectivity index (χ1) is 15.6. The minimum absolute atomic E-state index is 0.00680. The molecule has 0 saturated carbocycles. The highest BCUT2D eigenvalue weighted by molar-refractivity contribution is 6.30. The summed E-state index contributed by atoms with van der Waals surface area (Å²) in [6.07, 6.45) is 0.425. The van der Waals surface area contributed by atoms with Gasteiger partial charge in [-0.2, -0.15) is 0 Å². The van der Waals surface area contributed by atoms with E-state index in [-0.39, 0.29) is 11.8 Å². The standard InChI is InChI=1S/C26H24ClN3O2/c1-18-7-2-5-12-24(18)32-14-13-29-23-11-4-3-10-22(23)28-26(29)19-15-25(31)30(17-19)21-9-6-8-20(27)16-21/h2-12,16,19H,13-15,17H2,1H3/t19-/m0/s1. The van der Waals surface area contributed by atoms with Gasteiger partial charge in [0.25, 0.3) is 0 Å². The second kappa shape index (κ2) is 8.67. The molecule has 0 spiro atoms. The van der Waals surface area contributed by atoms with Crippen LogP contribution in [0.3, 0.4) is 0 Å². The van der Waals surface area contributed by atoms with Crippen LogP contribution >= 0.6 is 11.6 Å². The van der Waals surface area contributed by atoms with Crippen molar-refractivity contribution in [3.8, 4) is 5.75 Å². The smallest absolute Gasteiger partial charge is 0.227 e. The lowest BCUT2D eigenvalue weighted by atomic mass is 10.1. The molecule has 1 amide bonds. The van der Waals surface area contributed by atoms with Crippen molar-refractivity contribution in [2.45, 2.75) is 25.8 Å². The van der Waals surface area contributed by atoms with Crippen molar-refractivity contribution < 1.29 is 9.53 Å². The number of imidazole rings is 1. The van der Waals surface area contributed by atoms with Gasteiger partial charge in [-0.3, -0.25) is 4.79 Å². The molecule has 1 aliphatic rings. The van der Waals surface area contributed by atoms with E-state index in [4.69, 9.17) is 21.3 Å². The quantitative estimate of drug-likeness (QED) is 0.388. The number of carbonyl (C=O) groups excluding carboxylic acids is 1. The number of amides is 1. The minimum Gasteiger partial charge on any atom is -0.491 e. The molecule has 1 aromatic heterocycles. The topological polar surface area (TPSA) is 47.4 Å². The fourth-order valence-electron chi connectivity index (χ4n) is 4.38. The molecule has 0 N–H and O–H groups in total. The Bertz CT molecular complexity index is 1280. The van der Waals surface area contributed by atoms with E-state index in [1.807, 2.05) is 78.6 Å². The summed E-state index contributed by atoms with van der Waals surface area (Å²) in [6, 6.07) is 23.6. The molecule has 4 aromatic rings. The first kappa shape index (κ1) is 20.6. The fraction of sp³-hybridized carbons (Fsp3) is 0.231. The Morgan fingerprint density at radius 3 is 2.72 bits per heavy atom. The lowest BCUT2D eigenvalue weighted by molar-refractivity contribution is -0.117. The molecule has 32 heavy (non-hydrogen) atoms. The van der Waals surface area contributed by atoms with Crippen LogP contribution in [0.15, 0.2) is 72.8 Å². The van der Waals surface area contributed by atoms with Gasteiger partial charge in [0.1, 0.15) is 18.2 Å². The molecule has 5 rings (SSSR count). The van der Waals surface area contributed by atoms with Crippen molar-refractivity contribution in [1.82, 2.24) is 9.55 Å². The molecule has 2 heterocycles. The van der Waals surface area contributed by atoms with E-state index in [0.29, 0.717) is 31.1 Å². The van der Waals surface area contributed by atoms with Crippen molar-refractivity contribution in [3.05, 3.63) is 89.2 Å². The van der Waals surface area contributed by atoms with Gasteiger partial charge in [0, 0.05) is 29.6 Å². The molecule has 1 aliphatic heterocycles. The highest BCUT2D eigenvalue weighted by Gasteiger charge is 2.34. The highest BCUT2D eigenvalue weighted by Crippen LogP contribution is 2.34. The van der Waals surface area contributed by atoms with Crippen LogP contribution in [-0.2, 0) is 11.3 Å². The molecule has 5 nitrogen and oxygen atoms in total. The van der Waals surface area contributed by atoms with Gasteiger partial charge >= 0.3 is 0 Å². The van der Waals surface area contributed by atoms with E-state index >= 15 is 0 Å². The van der Waals surface area contributed by atoms with Gasteiger partial charge in [0.2, 0.25) is 5.91 Å². The van der Waals surface area contributed by atoms with Crippen molar-refractivity contribution in [2.24, 2.45) is 0 Å². The van der Waals surface area contributed by atoms with Crippen LogP contribution in [0.25, 0.3) is 11.0 Å². The largest absolute Gasteiger partial charge is 0.491 e. The Kier molecular flexibility index (Phi) is 5.58. The second-order valence-corrected chi connectivity index (χ2v) is 8.55. The summed E-state index contributed by atoms with van der Waals surface area (Å²) in [5.41, 5.74) is 3.94. The first-order valence-electron chi connectivity index (χ1n) is 10.8. The maximum absolute atomic E-state index is 12.9. The van der Waals surface area contributed by atoms with Gasteiger partial charge < -0.3 is 14.2 Å². The van der Waals surface area contributed by atoms with Crippen LogP contribution in [0, 0.1) is 6.92 Å². The van der Waals surface area contributed by atoms with E-state index < -0.39 is 0 Å². The minimum atomic E-state index is 0.00680. The summed E-state index contributed by atoms with van der Waals surface area (Å²) < 4.78 is 8.26. The summed E-state index contributed by atoms with van der Waals surface area (Å²) in [5, 5.41) is 0.624. The third kappa shape index (κ3) is 3.96. The maximum atomic E-state index is 12.9. The van der Waals surface area contributed by atoms with E-state index in [9.17, 15) is 4.79 Å². The monoisotopic (exact) mass is 445 g/mol. The fourth-order valence-corrected chi connectivity index (χ4v) is 4.56. The molecule has 0 unspecified atom stereocenters. The number of rotatable bonds is 6. The zero-order valence-electron chi connectivity index (χ0n) is 17.9. The molecule has 1 atom stereocenters. The SMILES string of the molecule is Cc1ccccc1OCCn1c([C@H]2CC(=O)N(c3cccc(Cl)c3)C2)nc2ccccc21. The van der Waals surface area contributed by atoms with Crippen molar-refractivity contribution in [3.63, 3.8) is 0 Å². The number of halogens is 1. The van der Waals surface area contributed by atoms with Crippen LogP contribution in [-0.4, -0.2) is 28.6 Å².